The number of anilines is 1. The number of hydrogen-bond acceptors (Lipinski definition) is 6. The molecule has 0 bridgehead atoms. The number of carbonyl (C=O) groups is 2. The minimum Gasteiger partial charge on any atom is -0.489 e. The second-order valence-corrected chi connectivity index (χ2v) is 7.97. The first-order chi connectivity index (χ1) is 14.0. The number of carbonyl (C=O) groups excluding carboxylic acids is 2. The van der Waals surface area contributed by atoms with Crippen molar-refractivity contribution in [2.45, 2.75) is 13.2 Å². The molecule has 7 heteroatoms. The van der Waals surface area contributed by atoms with E-state index in [9.17, 15) is 9.59 Å². The average Bonchev–Trinajstić information content (AvgIpc) is 3.04. The third-order valence-corrected chi connectivity index (χ3v) is 5.62. The monoisotopic (exact) mass is 407 g/mol. The van der Waals surface area contributed by atoms with Gasteiger partial charge in [-0.1, -0.05) is 30.0 Å². The fourth-order valence-corrected chi connectivity index (χ4v) is 3.99. The molecular formula is C22H21N3O3S. The first-order valence-corrected chi connectivity index (χ1v) is 10.2. The standard InChI is InChI=1S/C22H21N3O3S/c1-24(2)20-6-4-3-5-17(20)13-28-18-8-7-16-9-15(11-23-19(16)10-18)12-25-21(26)14-29-22(25)27/h3-11H,12-14H2,1-2H3. The van der Waals surface area contributed by atoms with Gasteiger partial charge in [-0.15, -0.1) is 0 Å². The zero-order valence-corrected chi connectivity index (χ0v) is 17.1. The van der Waals surface area contributed by atoms with Crippen LogP contribution in [0.25, 0.3) is 10.9 Å². The first kappa shape index (κ1) is 19.3. The summed E-state index contributed by atoms with van der Waals surface area (Å²) in [5, 5.41) is 0.743. The highest BCUT2D eigenvalue weighted by molar-refractivity contribution is 8.14. The number of aromatic nitrogens is 1. The molecule has 0 radical (unpaired) electrons. The lowest BCUT2D eigenvalue weighted by Gasteiger charge is -2.17. The van der Waals surface area contributed by atoms with Gasteiger partial charge in [-0.2, -0.15) is 0 Å². The minimum atomic E-state index is -0.197. The Hall–Kier alpha value is -3.06. The van der Waals surface area contributed by atoms with Crippen molar-refractivity contribution in [3.05, 3.63) is 65.9 Å². The number of hydrogen-bond donors (Lipinski definition) is 0. The molecule has 29 heavy (non-hydrogen) atoms. The number of fused-ring (bicyclic) bond motifs is 1. The number of para-hydroxylation sites is 1. The van der Waals surface area contributed by atoms with Crippen LogP contribution >= 0.6 is 11.8 Å². The number of benzene rings is 2. The van der Waals surface area contributed by atoms with Crippen molar-refractivity contribution in [2.75, 3.05) is 24.7 Å². The molecular weight excluding hydrogens is 386 g/mol. The van der Waals surface area contributed by atoms with Gasteiger partial charge in [0.05, 0.1) is 17.8 Å². The van der Waals surface area contributed by atoms with Crippen molar-refractivity contribution >= 4 is 39.5 Å². The summed E-state index contributed by atoms with van der Waals surface area (Å²) in [7, 11) is 4.02. The molecule has 2 amide bonds. The van der Waals surface area contributed by atoms with Crippen LogP contribution < -0.4 is 9.64 Å². The molecule has 1 aromatic heterocycles. The summed E-state index contributed by atoms with van der Waals surface area (Å²) in [4.78, 5) is 31.4. The number of pyridine rings is 1. The molecule has 0 N–H and O–H groups in total. The van der Waals surface area contributed by atoms with Crippen LogP contribution in [0.1, 0.15) is 11.1 Å². The maximum absolute atomic E-state index is 11.8. The summed E-state index contributed by atoms with van der Waals surface area (Å²) in [6, 6.07) is 15.9. The smallest absolute Gasteiger partial charge is 0.289 e. The van der Waals surface area contributed by atoms with Gasteiger partial charge < -0.3 is 9.64 Å². The maximum Gasteiger partial charge on any atom is 0.289 e. The van der Waals surface area contributed by atoms with E-state index in [0.29, 0.717) is 6.61 Å². The Labute approximate surface area is 173 Å². The highest BCUT2D eigenvalue weighted by atomic mass is 32.2. The molecule has 2 heterocycles. The van der Waals surface area contributed by atoms with Crippen molar-refractivity contribution < 1.29 is 14.3 Å². The quantitative estimate of drug-likeness (QED) is 0.614. The van der Waals surface area contributed by atoms with E-state index in [1.165, 1.54) is 4.90 Å². The molecule has 1 aliphatic heterocycles. The Morgan fingerprint density at radius 3 is 2.72 bits per heavy atom. The van der Waals surface area contributed by atoms with Crippen molar-refractivity contribution in [2.24, 2.45) is 0 Å². The largest absolute Gasteiger partial charge is 0.489 e. The fraction of sp³-hybridized carbons (Fsp3) is 0.227. The van der Waals surface area contributed by atoms with Crippen LogP contribution in [0.4, 0.5) is 10.5 Å². The van der Waals surface area contributed by atoms with Gasteiger partial charge in [-0.3, -0.25) is 19.5 Å². The van der Waals surface area contributed by atoms with Gasteiger partial charge in [0.1, 0.15) is 12.4 Å². The fourth-order valence-electron chi connectivity index (χ4n) is 3.27. The van der Waals surface area contributed by atoms with Gasteiger partial charge >= 0.3 is 0 Å². The zero-order chi connectivity index (χ0) is 20.4. The molecule has 148 valence electrons. The second-order valence-electron chi connectivity index (χ2n) is 7.04. The van der Waals surface area contributed by atoms with Crippen LogP contribution in [0.15, 0.2) is 54.7 Å². The maximum atomic E-state index is 11.8. The van der Waals surface area contributed by atoms with Gasteiger partial charge in [0.15, 0.2) is 0 Å². The predicted octanol–water partition coefficient (Wildman–Crippen LogP) is 4.08. The number of nitrogens with zero attached hydrogens (tertiary/aromatic N) is 3. The molecule has 2 aromatic carbocycles. The Balaban J connectivity index is 1.49. The number of amides is 2. The first-order valence-electron chi connectivity index (χ1n) is 9.25. The highest BCUT2D eigenvalue weighted by Gasteiger charge is 2.29. The van der Waals surface area contributed by atoms with Gasteiger partial charge in [0.25, 0.3) is 5.24 Å². The molecule has 4 rings (SSSR count). The molecule has 0 saturated carbocycles. The van der Waals surface area contributed by atoms with Gasteiger partial charge in [0.2, 0.25) is 5.91 Å². The lowest BCUT2D eigenvalue weighted by Crippen LogP contribution is -2.27. The number of ether oxygens (including phenoxy) is 1. The molecule has 0 atom stereocenters. The van der Waals surface area contributed by atoms with Crippen molar-refractivity contribution in [3.63, 3.8) is 0 Å². The third kappa shape index (κ3) is 4.19. The predicted molar refractivity (Wildman–Crippen MR) is 115 cm³/mol. The molecule has 0 aliphatic carbocycles. The normalized spacial score (nSPS) is 13.9. The summed E-state index contributed by atoms with van der Waals surface area (Å²) in [5.74, 6) is 0.812. The lowest BCUT2D eigenvalue weighted by atomic mass is 10.1. The minimum absolute atomic E-state index is 0.151. The van der Waals surface area contributed by atoms with Crippen LogP contribution in [-0.4, -0.2) is 40.9 Å². The Kier molecular flexibility index (Phi) is 5.40. The van der Waals surface area contributed by atoms with Crippen LogP contribution in [0.2, 0.25) is 0 Å². The molecule has 0 spiro atoms. The number of thioether (sulfide) groups is 1. The van der Waals surface area contributed by atoms with Crippen LogP contribution in [0.5, 0.6) is 5.75 Å². The van der Waals surface area contributed by atoms with E-state index in [-0.39, 0.29) is 23.4 Å². The highest BCUT2D eigenvalue weighted by Crippen LogP contribution is 2.25. The van der Waals surface area contributed by atoms with Gasteiger partial charge in [0, 0.05) is 43.0 Å². The summed E-state index contributed by atoms with van der Waals surface area (Å²) in [6.45, 7) is 0.724. The van der Waals surface area contributed by atoms with E-state index in [1.54, 1.807) is 6.20 Å². The van der Waals surface area contributed by atoms with Crippen molar-refractivity contribution in [1.82, 2.24) is 9.88 Å². The van der Waals surface area contributed by atoms with Crippen LogP contribution in [-0.2, 0) is 17.9 Å². The zero-order valence-electron chi connectivity index (χ0n) is 16.3. The van der Waals surface area contributed by atoms with E-state index in [4.69, 9.17) is 4.74 Å². The van der Waals surface area contributed by atoms with Crippen molar-refractivity contribution in [3.8, 4) is 5.75 Å². The topological polar surface area (TPSA) is 62.7 Å². The van der Waals surface area contributed by atoms with Crippen LogP contribution in [0, 0.1) is 0 Å². The van der Waals surface area contributed by atoms with Crippen LogP contribution in [0.3, 0.4) is 0 Å². The van der Waals surface area contributed by atoms with E-state index in [0.717, 1.165) is 45.2 Å². The number of rotatable bonds is 6. The van der Waals surface area contributed by atoms with Gasteiger partial charge in [-0.05, 0) is 29.8 Å². The second kappa shape index (κ2) is 8.13. The molecule has 1 saturated heterocycles. The summed E-state index contributed by atoms with van der Waals surface area (Å²) < 4.78 is 5.99. The summed E-state index contributed by atoms with van der Waals surface area (Å²) in [5.41, 5.74) is 3.87. The lowest BCUT2D eigenvalue weighted by molar-refractivity contribution is -0.125. The Morgan fingerprint density at radius 2 is 1.97 bits per heavy atom. The average molecular weight is 407 g/mol. The third-order valence-electron chi connectivity index (χ3n) is 4.76. The Morgan fingerprint density at radius 1 is 1.14 bits per heavy atom. The van der Waals surface area contributed by atoms with E-state index < -0.39 is 0 Å². The molecule has 3 aromatic rings. The summed E-state index contributed by atoms with van der Waals surface area (Å²) >= 11 is 1.04. The number of imide groups is 1. The van der Waals surface area contributed by atoms with E-state index >= 15 is 0 Å². The SMILES string of the molecule is CN(C)c1ccccc1COc1ccc2cc(CN3C(=O)CSC3=O)cnc2c1. The van der Waals surface area contributed by atoms with E-state index in [2.05, 4.69) is 22.0 Å². The molecule has 1 aliphatic rings. The molecule has 6 nitrogen and oxygen atoms in total. The summed E-state index contributed by atoms with van der Waals surface area (Å²) in [6.07, 6.45) is 1.71. The molecule has 1 fully saturated rings. The Bertz CT molecular complexity index is 1070. The van der Waals surface area contributed by atoms with Crippen molar-refractivity contribution in [1.29, 1.82) is 0 Å². The van der Waals surface area contributed by atoms with E-state index in [1.807, 2.05) is 50.5 Å². The molecule has 0 unspecified atom stereocenters. The van der Waals surface area contributed by atoms with Gasteiger partial charge in [-0.25, -0.2) is 0 Å².